The van der Waals surface area contributed by atoms with Gasteiger partial charge in [-0.2, -0.15) is 0 Å². The number of nitrogens with one attached hydrogen (secondary N) is 2. The van der Waals surface area contributed by atoms with E-state index >= 15 is 0 Å². The van der Waals surface area contributed by atoms with Gasteiger partial charge in [-0.25, -0.2) is 0 Å². The van der Waals surface area contributed by atoms with Crippen LogP contribution in [0.25, 0.3) is 0 Å². The van der Waals surface area contributed by atoms with Crippen molar-refractivity contribution in [2.75, 3.05) is 13.1 Å². The smallest absolute Gasteiger partial charge is 0.222 e. The quantitative estimate of drug-likeness (QED) is 0.595. The summed E-state index contributed by atoms with van der Waals surface area (Å²) in [5.41, 5.74) is 0. The Morgan fingerprint density at radius 1 is 1.19 bits per heavy atom. The molecule has 0 bridgehead atoms. The molecule has 3 heteroatoms. The van der Waals surface area contributed by atoms with Crippen LogP contribution in [0.15, 0.2) is 0 Å². The summed E-state index contributed by atoms with van der Waals surface area (Å²) >= 11 is 0. The second kappa shape index (κ2) is 9.64. The topological polar surface area (TPSA) is 41.1 Å². The molecule has 96 valence electrons. The van der Waals surface area contributed by atoms with Crippen LogP contribution >= 0.6 is 0 Å². The van der Waals surface area contributed by atoms with Gasteiger partial charge in [0.2, 0.25) is 5.91 Å². The maximum Gasteiger partial charge on any atom is 0.222 e. The molecule has 0 aliphatic carbocycles. The van der Waals surface area contributed by atoms with Crippen LogP contribution in [-0.4, -0.2) is 25.0 Å². The third-order valence-electron chi connectivity index (χ3n) is 2.78. The van der Waals surface area contributed by atoms with Crippen molar-refractivity contribution in [3.8, 4) is 0 Å². The van der Waals surface area contributed by atoms with Crippen molar-refractivity contribution in [3.63, 3.8) is 0 Å². The Labute approximate surface area is 100 Å². The molecule has 0 aromatic heterocycles. The summed E-state index contributed by atoms with van der Waals surface area (Å²) in [6.45, 7) is 9.87. The molecule has 0 aliphatic rings. The lowest BCUT2D eigenvalue weighted by molar-refractivity contribution is -0.123. The van der Waals surface area contributed by atoms with E-state index in [1.54, 1.807) is 0 Å². The summed E-state index contributed by atoms with van der Waals surface area (Å²) in [4.78, 5) is 11.3. The summed E-state index contributed by atoms with van der Waals surface area (Å²) in [5, 5.41) is 6.40. The van der Waals surface area contributed by atoms with E-state index < -0.39 is 0 Å². The fraction of sp³-hybridized carbons (Fsp3) is 0.923. The Hall–Kier alpha value is -0.570. The first-order chi connectivity index (χ1) is 7.61. The zero-order chi connectivity index (χ0) is 12.4. The summed E-state index contributed by atoms with van der Waals surface area (Å²) in [6, 6.07) is 0.607. The van der Waals surface area contributed by atoms with Gasteiger partial charge >= 0.3 is 0 Å². The van der Waals surface area contributed by atoms with Gasteiger partial charge in [0.15, 0.2) is 0 Å². The molecular weight excluding hydrogens is 200 g/mol. The molecule has 0 saturated heterocycles. The van der Waals surface area contributed by atoms with Crippen molar-refractivity contribution in [1.82, 2.24) is 10.6 Å². The fourth-order valence-electron chi connectivity index (χ4n) is 1.57. The van der Waals surface area contributed by atoms with Crippen LogP contribution < -0.4 is 10.6 Å². The van der Waals surface area contributed by atoms with Crippen molar-refractivity contribution in [2.45, 2.75) is 59.4 Å². The van der Waals surface area contributed by atoms with Crippen LogP contribution in [0.3, 0.4) is 0 Å². The first kappa shape index (κ1) is 15.4. The molecule has 0 fully saturated rings. The molecule has 2 N–H and O–H groups in total. The lowest BCUT2D eigenvalue weighted by Crippen LogP contribution is -2.38. The monoisotopic (exact) mass is 228 g/mol. The van der Waals surface area contributed by atoms with Gasteiger partial charge in [-0.05, 0) is 12.8 Å². The lowest BCUT2D eigenvalue weighted by atomic mass is 10.1. The highest BCUT2D eigenvalue weighted by molar-refractivity contribution is 5.77. The maximum absolute atomic E-state index is 11.3. The Balaban J connectivity index is 3.51. The number of hydrogen-bond donors (Lipinski definition) is 2. The van der Waals surface area contributed by atoms with E-state index in [9.17, 15) is 4.79 Å². The van der Waals surface area contributed by atoms with Crippen molar-refractivity contribution < 1.29 is 4.79 Å². The summed E-state index contributed by atoms with van der Waals surface area (Å²) < 4.78 is 0. The zero-order valence-electron chi connectivity index (χ0n) is 11.3. The number of hydrogen-bond acceptors (Lipinski definition) is 2. The van der Waals surface area contributed by atoms with Crippen molar-refractivity contribution >= 4 is 5.91 Å². The van der Waals surface area contributed by atoms with Gasteiger partial charge in [-0.1, -0.05) is 40.5 Å². The van der Waals surface area contributed by atoms with E-state index in [1.807, 2.05) is 13.8 Å². The normalized spacial score (nSPS) is 12.8. The molecule has 1 amide bonds. The second-order valence-electron chi connectivity index (χ2n) is 4.65. The Morgan fingerprint density at radius 2 is 1.88 bits per heavy atom. The molecule has 0 heterocycles. The van der Waals surface area contributed by atoms with Crippen LogP contribution in [0.4, 0.5) is 0 Å². The molecule has 1 atom stereocenters. The standard InChI is InChI=1S/C13H28N2O/c1-5-7-8-12(6-2)14-9-10-15-13(16)11(3)4/h11-12,14H,5-10H2,1-4H3,(H,15,16). The molecule has 16 heavy (non-hydrogen) atoms. The molecular formula is C13H28N2O. The molecule has 3 nitrogen and oxygen atoms in total. The van der Waals surface area contributed by atoms with Crippen LogP contribution in [-0.2, 0) is 4.79 Å². The second-order valence-corrected chi connectivity index (χ2v) is 4.65. The molecule has 0 saturated carbocycles. The predicted molar refractivity (Wildman–Crippen MR) is 69.5 cm³/mol. The van der Waals surface area contributed by atoms with Crippen molar-refractivity contribution in [3.05, 3.63) is 0 Å². The molecule has 0 rings (SSSR count). The van der Waals surface area contributed by atoms with Gasteiger partial charge in [-0.3, -0.25) is 4.79 Å². The molecule has 0 radical (unpaired) electrons. The highest BCUT2D eigenvalue weighted by Crippen LogP contribution is 2.03. The van der Waals surface area contributed by atoms with Crippen molar-refractivity contribution in [1.29, 1.82) is 0 Å². The lowest BCUT2D eigenvalue weighted by Gasteiger charge is -2.17. The number of rotatable bonds is 9. The predicted octanol–water partition coefficient (Wildman–Crippen LogP) is 2.32. The van der Waals surface area contributed by atoms with Crippen LogP contribution in [0.5, 0.6) is 0 Å². The largest absolute Gasteiger partial charge is 0.355 e. The van der Waals surface area contributed by atoms with Gasteiger partial charge in [0.1, 0.15) is 0 Å². The molecule has 1 unspecified atom stereocenters. The third kappa shape index (κ3) is 7.69. The van der Waals surface area contributed by atoms with E-state index in [2.05, 4.69) is 24.5 Å². The van der Waals surface area contributed by atoms with Crippen LogP contribution in [0, 0.1) is 5.92 Å². The van der Waals surface area contributed by atoms with Crippen LogP contribution in [0.1, 0.15) is 53.4 Å². The van der Waals surface area contributed by atoms with E-state index in [4.69, 9.17) is 0 Å². The first-order valence-corrected chi connectivity index (χ1v) is 6.62. The Kier molecular flexibility index (Phi) is 9.30. The van der Waals surface area contributed by atoms with E-state index in [0.717, 1.165) is 19.5 Å². The minimum Gasteiger partial charge on any atom is -0.355 e. The average Bonchev–Trinajstić information content (AvgIpc) is 2.27. The summed E-state index contributed by atoms with van der Waals surface area (Å²) in [7, 11) is 0. The molecule has 0 aromatic rings. The summed E-state index contributed by atoms with van der Waals surface area (Å²) in [6.07, 6.45) is 4.94. The summed E-state index contributed by atoms with van der Waals surface area (Å²) in [5.74, 6) is 0.227. The SMILES string of the molecule is CCCCC(CC)NCCNC(=O)C(C)C. The number of unbranched alkanes of at least 4 members (excludes halogenated alkanes) is 1. The number of carbonyl (C=O) groups excluding carboxylic acids is 1. The Bertz CT molecular complexity index is 181. The fourth-order valence-corrected chi connectivity index (χ4v) is 1.57. The average molecular weight is 228 g/mol. The zero-order valence-corrected chi connectivity index (χ0v) is 11.3. The molecule has 0 aliphatic heterocycles. The highest BCUT2D eigenvalue weighted by Gasteiger charge is 2.06. The third-order valence-corrected chi connectivity index (χ3v) is 2.78. The molecule has 0 spiro atoms. The number of amides is 1. The van der Waals surface area contributed by atoms with E-state index in [0.29, 0.717) is 6.04 Å². The molecule has 0 aromatic carbocycles. The highest BCUT2D eigenvalue weighted by atomic mass is 16.1. The Morgan fingerprint density at radius 3 is 2.38 bits per heavy atom. The maximum atomic E-state index is 11.3. The number of carbonyl (C=O) groups is 1. The van der Waals surface area contributed by atoms with E-state index in [-0.39, 0.29) is 11.8 Å². The minimum absolute atomic E-state index is 0.0852. The van der Waals surface area contributed by atoms with Gasteiger partial charge in [0.25, 0.3) is 0 Å². The van der Waals surface area contributed by atoms with Gasteiger partial charge in [0, 0.05) is 25.0 Å². The van der Waals surface area contributed by atoms with Gasteiger partial charge in [-0.15, -0.1) is 0 Å². The van der Waals surface area contributed by atoms with Gasteiger partial charge in [0.05, 0.1) is 0 Å². The minimum atomic E-state index is 0.0852. The van der Waals surface area contributed by atoms with Crippen molar-refractivity contribution in [2.24, 2.45) is 5.92 Å². The van der Waals surface area contributed by atoms with Crippen LogP contribution in [0.2, 0.25) is 0 Å². The first-order valence-electron chi connectivity index (χ1n) is 6.62. The van der Waals surface area contributed by atoms with Gasteiger partial charge < -0.3 is 10.6 Å². The van der Waals surface area contributed by atoms with E-state index in [1.165, 1.54) is 19.3 Å².